The molecule has 35 heavy (non-hydrogen) atoms. The Hall–Kier alpha value is -3.85. The predicted molar refractivity (Wildman–Crippen MR) is 140 cm³/mol. The topological polar surface area (TPSA) is 115 Å². The van der Waals surface area contributed by atoms with E-state index in [0.717, 1.165) is 28.6 Å². The molecular formula is C26H26N6O2S. The van der Waals surface area contributed by atoms with E-state index < -0.39 is 5.54 Å². The number of oxazole rings is 1. The van der Waals surface area contributed by atoms with Gasteiger partial charge in [-0.15, -0.1) is 0 Å². The van der Waals surface area contributed by atoms with Gasteiger partial charge in [-0.25, -0.2) is 4.99 Å². The van der Waals surface area contributed by atoms with Gasteiger partial charge in [0.15, 0.2) is 10.8 Å². The minimum absolute atomic E-state index is 0.0743. The molecule has 0 saturated heterocycles. The van der Waals surface area contributed by atoms with Crippen LogP contribution >= 0.6 is 11.8 Å². The smallest absolute Gasteiger partial charge is 0.302 e. The van der Waals surface area contributed by atoms with E-state index >= 15 is 0 Å². The zero-order chi connectivity index (χ0) is 24.6. The zero-order valence-corrected chi connectivity index (χ0v) is 20.5. The van der Waals surface area contributed by atoms with Gasteiger partial charge in [0.2, 0.25) is 5.96 Å². The van der Waals surface area contributed by atoms with E-state index in [-0.39, 0.29) is 11.1 Å². The summed E-state index contributed by atoms with van der Waals surface area (Å²) in [6.07, 6.45) is 1.48. The molecule has 2 aromatic carbocycles. The Morgan fingerprint density at radius 3 is 2.80 bits per heavy atom. The molecule has 3 aromatic rings. The Balaban J connectivity index is 1.45. The predicted octanol–water partition coefficient (Wildman–Crippen LogP) is 5.02. The number of aromatic nitrogens is 1. The second kappa shape index (κ2) is 9.07. The number of thioether (sulfide) groups is 1. The van der Waals surface area contributed by atoms with Gasteiger partial charge in [-0.3, -0.25) is 15.5 Å². The summed E-state index contributed by atoms with van der Waals surface area (Å²) in [7, 11) is 0. The van der Waals surface area contributed by atoms with Crippen LogP contribution in [0, 0.1) is 5.41 Å². The van der Waals surface area contributed by atoms with Crippen molar-refractivity contribution >= 4 is 45.9 Å². The summed E-state index contributed by atoms with van der Waals surface area (Å²) < 4.78 is 5.80. The van der Waals surface area contributed by atoms with Crippen molar-refractivity contribution in [2.45, 2.75) is 39.2 Å². The summed E-state index contributed by atoms with van der Waals surface area (Å²) in [6.45, 7) is 5.90. The largest absolute Gasteiger partial charge is 0.423 e. The van der Waals surface area contributed by atoms with Gasteiger partial charge in [0, 0.05) is 12.1 Å². The molecule has 1 unspecified atom stereocenters. The van der Waals surface area contributed by atoms with Crippen LogP contribution in [0.2, 0.25) is 0 Å². The second-order valence-electron chi connectivity index (χ2n) is 8.61. The highest BCUT2D eigenvalue weighted by atomic mass is 32.2. The molecule has 2 aliphatic rings. The number of carbonyl (C=O) groups is 1. The lowest BCUT2D eigenvalue weighted by atomic mass is 9.65. The molecular weight excluding hydrogens is 460 g/mol. The number of carbonyl (C=O) groups excluding carboxylic acids is 1. The molecule has 0 radical (unpaired) electrons. The maximum Gasteiger partial charge on any atom is 0.302 e. The van der Waals surface area contributed by atoms with E-state index in [9.17, 15) is 4.79 Å². The molecule has 0 saturated carbocycles. The summed E-state index contributed by atoms with van der Waals surface area (Å²) in [5.41, 5.74) is 4.98. The fourth-order valence-corrected chi connectivity index (χ4v) is 5.01. The van der Waals surface area contributed by atoms with Gasteiger partial charge in [0.25, 0.3) is 5.91 Å². The average molecular weight is 487 g/mol. The van der Waals surface area contributed by atoms with Crippen molar-refractivity contribution in [3.8, 4) is 0 Å². The van der Waals surface area contributed by atoms with E-state index in [1.807, 2.05) is 67.8 Å². The van der Waals surface area contributed by atoms with E-state index in [1.54, 1.807) is 0 Å². The number of fused-ring (bicyclic) bond motifs is 3. The first-order valence-corrected chi connectivity index (χ1v) is 12.3. The number of hydrogen-bond acceptors (Lipinski definition) is 8. The highest BCUT2D eigenvalue weighted by Gasteiger charge is 2.51. The molecule has 1 amide bonds. The van der Waals surface area contributed by atoms with Gasteiger partial charge < -0.3 is 15.1 Å². The molecule has 0 fully saturated rings. The Morgan fingerprint density at radius 1 is 1.26 bits per heavy atom. The van der Waals surface area contributed by atoms with Crippen LogP contribution in [0.1, 0.15) is 38.3 Å². The molecule has 1 aliphatic heterocycles. The molecule has 1 aliphatic carbocycles. The number of aliphatic imine (C=N–C) groups is 1. The Morgan fingerprint density at radius 2 is 2.03 bits per heavy atom. The normalized spacial score (nSPS) is 19.1. The van der Waals surface area contributed by atoms with Crippen molar-refractivity contribution in [1.29, 1.82) is 5.41 Å². The molecule has 1 spiro atoms. The van der Waals surface area contributed by atoms with E-state index in [2.05, 4.69) is 27.9 Å². The van der Waals surface area contributed by atoms with Gasteiger partial charge in [0.1, 0.15) is 11.1 Å². The number of nitrogens with one attached hydrogen (secondary N) is 4. The number of nitrogens with zero attached hydrogens (tertiary/aromatic N) is 2. The van der Waals surface area contributed by atoms with Crippen molar-refractivity contribution < 1.29 is 9.21 Å². The van der Waals surface area contributed by atoms with Gasteiger partial charge in [-0.2, -0.15) is 4.98 Å². The zero-order valence-electron chi connectivity index (χ0n) is 19.7. The van der Waals surface area contributed by atoms with Crippen LogP contribution in [0.5, 0.6) is 0 Å². The number of amides is 1. The van der Waals surface area contributed by atoms with Gasteiger partial charge >= 0.3 is 6.01 Å². The highest BCUT2D eigenvalue weighted by molar-refractivity contribution is 8.16. The fraction of sp³-hybridized carbons (Fsp3) is 0.231. The van der Waals surface area contributed by atoms with Crippen molar-refractivity contribution in [2.24, 2.45) is 4.99 Å². The molecule has 4 N–H and O–H groups in total. The van der Waals surface area contributed by atoms with Crippen LogP contribution in [0.25, 0.3) is 11.1 Å². The summed E-state index contributed by atoms with van der Waals surface area (Å²) in [4.78, 5) is 22.9. The van der Waals surface area contributed by atoms with Crippen LogP contribution < -0.4 is 16.0 Å². The molecule has 9 heteroatoms. The number of para-hydroxylation sites is 2. The Kier molecular flexibility index (Phi) is 5.94. The first-order valence-electron chi connectivity index (χ1n) is 11.4. The van der Waals surface area contributed by atoms with E-state index in [4.69, 9.17) is 14.8 Å². The maximum absolute atomic E-state index is 13.4. The van der Waals surface area contributed by atoms with Gasteiger partial charge in [-0.1, -0.05) is 60.7 Å². The van der Waals surface area contributed by atoms with Crippen LogP contribution in [0.4, 0.5) is 6.01 Å². The second-order valence-corrected chi connectivity index (χ2v) is 9.49. The number of anilines is 1. The maximum atomic E-state index is 13.4. The Bertz CT molecular complexity index is 1400. The van der Waals surface area contributed by atoms with Gasteiger partial charge in [0.05, 0.1) is 5.57 Å². The first kappa shape index (κ1) is 22.9. The summed E-state index contributed by atoms with van der Waals surface area (Å²) in [5, 5.41) is 19.3. The summed E-state index contributed by atoms with van der Waals surface area (Å²) in [6, 6.07) is 15.8. The number of amidine groups is 1. The molecule has 1 atom stereocenters. The van der Waals surface area contributed by atoms with E-state index in [0.29, 0.717) is 35.2 Å². The van der Waals surface area contributed by atoms with Crippen molar-refractivity contribution in [1.82, 2.24) is 15.6 Å². The van der Waals surface area contributed by atoms with Crippen LogP contribution in [0.15, 0.2) is 80.2 Å². The fourth-order valence-electron chi connectivity index (χ4n) is 4.37. The van der Waals surface area contributed by atoms with Crippen molar-refractivity contribution in [3.05, 3.63) is 81.9 Å². The lowest BCUT2D eigenvalue weighted by Crippen LogP contribution is -2.52. The standard InChI is InChI=1S/C26H26N6O2S/c1-4-15(2)14-35-23(27)30-22(33)21-16(3)28-24(31-25-29-19-11-7-8-12-20(19)34-25)32-26(21)13-17-9-5-6-10-18(17)26/h5-12,14H,4,13H2,1-3H3,(H2,27,30,33)(H2,28,29,31,32)/b15-14+. The minimum Gasteiger partial charge on any atom is -0.423 e. The third kappa shape index (κ3) is 4.23. The molecule has 0 bridgehead atoms. The van der Waals surface area contributed by atoms with E-state index in [1.165, 1.54) is 11.8 Å². The molecule has 5 rings (SSSR count). The molecule has 8 nitrogen and oxygen atoms in total. The third-order valence-corrected chi connectivity index (χ3v) is 7.07. The Labute approximate surface area is 207 Å². The number of allylic oxidation sites excluding steroid dienone is 2. The molecule has 178 valence electrons. The minimum atomic E-state index is -0.857. The first-order chi connectivity index (χ1) is 16.9. The lowest BCUT2D eigenvalue weighted by Gasteiger charge is -2.45. The third-order valence-electron chi connectivity index (χ3n) is 6.22. The lowest BCUT2D eigenvalue weighted by molar-refractivity contribution is -0.117. The average Bonchev–Trinajstić information content (AvgIpc) is 3.23. The van der Waals surface area contributed by atoms with Crippen molar-refractivity contribution in [3.63, 3.8) is 0 Å². The SMILES string of the molecule is CC/C(C)=C/SC(=N)NC(=O)C1=C(C)NC(Nc2nc3ccccc3o2)=NC12Cc1ccccc12. The number of hydrogen-bond donors (Lipinski definition) is 4. The van der Waals surface area contributed by atoms with Crippen molar-refractivity contribution in [2.75, 3.05) is 5.32 Å². The number of guanidine groups is 1. The molecule has 2 heterocycles. The molecule has 1 aromatic heterocycles. The summed E-state index contributed by atoms with van der Waals surface area (Å²) >= 11 is 1.20. The number of rotatable bonds is 4. The highest BCUT2D eigenvalue weighted by Crippen LogP contribution is 2.49. The van der Waals surface area contributed by atoms with Crippen LogP contribution in [0.3, 0.4) is 0 Å². The number of benzene rings is 2. The van der Waals surface area contributed by atoms with Crippen LogP contribution in [-0.4, -0.2) is 22.0 Å². The quantitative estimate of drug-likeness (QED) is 0.304. The van der Waals surface area contributed by atoms with Crippen LogP contribution in [-0.2, 0) is 16.8 Å². The summed E-state index contributed by atoms with van der Waals surface area (Å²) in [5.74, 6) is 0.111. The monoisotopic (exact) mass is 486 g/mol. The van der Waals surface area contributed by atoms with Gasteiger partial charge in [-0.05, 0) is 48.9 Å².